The zero-order chi connectivity index (χ0) is 32.2. The molecule has 0 spiro atoms. The number of benzene rings is 3. The Morgan fingerprint density at radius 2 is 1.76 bits per heavy atom. The molecule has 1 aromatic heterocycles. The van der Waals surface area contributed by atoms with Gasteiger partial charge >= 0.3 is 5.97 Å². The number of nitrogens with zero attached hydrogens (tertiary/aromatic N) is 2. The highest BCUT2D eigenvalue weighted by Gasteiger charge is 2.31. The average Bonchev–Trinajstić information content (AvgIpc) is 3.33. The van der Waals surface area contributed by atoms with E-state index in [1.807, 2.05) is 19.9 Å². The van der Waals surface area contributed by atoms with Gasteiger partial charge in [0, 0.05) is 16.8 Å². The van der Waals surface area contributed by atoms with Crippen molar-refractivity contribution in [3.63, 3.8) is 0 Å². The van der Waals surface area contributed by atoms with Crippen molar-refractivity contribution in [1.29, 1.82) is 0 Å². The van der Waals surface area contributed by atoms with Crippen molar-refractivity contribution in [2.24, 2.45) is 4.99 Å². The fourth-order valence-electron chi connectivity index (χ4n) is 4.75. The zero-order valence-electron chi connectivity index (χ0n) is 24.2. The number of carbonyl (C=O) groups is 1. The molecular weight excluding hydrogens is 727 g/mol. The molecule has 234 valence electrons. The number of carbonyl (C=O) groups excluding carboxylic acids is 1. The molecule has 4 aromatic rings. The van der Waals surface area contributed by atoms with E-state index in [2.05, 4.69) is 20.9 Å². The molecule has 1 aliphatic rings. The van der Waals surface area contributed by atoms with Crippen molar-refractivity contribution in [2.45, 2.75) is 26.5 Å². The van der Waals surface area contributed by atoms with Crippen LogP contribution in [0.1, 0.15) is 36.6 Å². The third-order valence-corrected chi connectivity index (χ3v) is 9.24. The minimum atomic E-state index is -0.831. The molecule has 8 nitrogen and oxygen atoms in total. The summed E-state index contributed by atoms with van der Waals surface area (Å²) in [5.41, 5.74) is 1.81. The largest absolute Gasteiger partial charge is 0.490 e. The Morgan fingerprint density at radius 3 is 2.47 bits per heavy atom. The fourth-order valence-corrected chi connectivity index (χ4v) is 6.98. The van der Waals surface area contributed by atoms with Crippen molar-refractivity contribution in [3.05, 3.63) is 116 Å². The maximum atomic E-state index is 14.1. The Balaban J connectivity index is 1.62. The molecule has 2 heterocycles. The lowest BCUT2D eigenvalue weighted by Crippen LogP contribution is -2.39. The van der Waals surface area contributed by atoms with Gasteiger partial charge in [0.05, 0.1) is 51.0 Å². The van der Waals surface area contributed by atoms with Gasteiger partial charge in [-0.1, -0.05) is 58.3 Å². The van der Waals surface area contributed by atoms with Crippen molar-refractivity contribution >= 4 is 74.1 Å². The lowest BCUT2D eigenvalue weighted by molar-refractivity contribution is -0.136. The van der Waals surface area contributed by atoms with Crippen molar-refractivity contribution in [1.82, 2.24) is 4.57 Å². The van der Waals surface area contributed by atoms with Crippen LogP contribution in [0.4, 0.5) is 0 Å². The maximum absolute atomic E-state index is 14.1. The molecule has 0 N–H and O–H groups in total. The first kappa shape index (κ1) is 33.1. The minimum absolute atomic E-state index is 0.182. The van der Waals surface area contributed by atoms with E-state index in [0.717, 1.165) is 5.56 Å². The second-order valence-corrected chi connectivity index (χ2v) is 12.7. The number of hydrogen-bond acceptors (Lipinski definition) is 8. The summed E-state index contributed by atoms with van der Waals surface area (Å²) in [6.07, 6.45) is 3.12. The van der Waals surface area contributed by atoms with Crippen molar-refractivity contribution in [3.8, 4) is 17.2 Å². The van der Waals surface area contributed by atoms with E-state index in [4.69, 9.17) is 53.8 Å². The summed E-state index contributed by atoms with van der Waals surface area (Å²) in [4.78, 5) is 31.9. The van der Waals surface area contributed by atoms with Gasteiger partial charge in [0.25, 0.3) is 5.56 Å². The predicted molar refractivity (Wildman–Crippen MR) is 180 cm³/mol. The molecule has 0 unspecified atom stereocenters. The molecule has 0 bridgehead atoms. The molecule has 3 aromatic carbocycles. The van der Waals surface area contributed by atoms with Gasteiger partial charge in [0.2, 0.25) is 0 Å². The Morgan fingerprint density at radius 1 is 1.00 bits per heavy atom. The number of hydrogen-bond donors (Lipinski definition) is 0. The average molecular weight is 753 g/mol. The molecule has 0 amide bonds. The Bertz CT molecular complexity index is 1990. The molecule has 0 aliphatic carbocycles. The summed E-state index contributed by atoms with van der Waals surface area (Å²) in [6.45, 7) is 4.77. The molecule has 1 aliphatic heterocycles. The van der Waals surface area contributed by atoms with E-state index >= 15 is 0 Å². The van der Waals surface area contributed by atoms with Crippen molar-refractivity contribution < 1.29 is 23.7 Å². The third-order valence-electron chi connectivity index (χ3n) is 6.70. The van der Waals surface area contributed by atoms with Crippen LogP contribution in [0.15, 0.2) is 74.6 Å². The SMILES string of the molecule is CCOc1ccc([C@@H]2C(C(=O)OC)=CN=c3s/c(=C/c4cc(Cl)cc(Br)c4OCc4ccc(Cl)c(Cl)c4)c(=O)n32)cc1OCC. The number of esters is 1. The Kier molecular flexibility index (Phi) is 10.6. The van der Waals surface area contributed by atoms with Gasteiger partial charge in [-0.25, -0.2) is 9.79 Å². The normalized spacial score (nSPS) is 14.3. The van der Waals surface area contributed by atoms with Crippen LogP contribution >= 0.6 is 62.1 Å². The van der Waals surface area contributed by atoms with Crippen LogP contribution in [0, 0.1) is 0 Å². The molecule has 0 fully saturated rings. The number of ether oxygens (including phenoxy) is 4. The molecule has 0 saturated carbocycles. The first-order chi connectivity index (χ1) is 21.6. The van der Waals surface area contributed by atoms with E-state index in [9.17, 15) is 9.59 Å². The second kappa shape index (κ2) is 14.4. The summed E-state index contributed by atoms with van der Waals surface area (Å²) in [5.74, 6) is 0.907. The highest BCUT2D eigenvalue weighted by atomic mass is 79.9. The van der Waals surface area contributed by atoms with Gasteiger partial charge in [-0.15, -0.1) is 0 Å². The van der Waals surface area contributed by atoms with E-state index in [1.54, 1.807) is 48.5 Å². The topological polar surface area (TPSA) is 88.4 Å². The summed E-state index contributed by atoms with van der Waals surface area (Å²) in [6, 6.07) is 13.1. The molecule has 13 heteroatoms. The quantitative estimate of drug-likeness (QED) is 0.161. The third kappa shape index (κ3) is 7.10. The Labute approximate surface area is 286 Å². The van der Waals surface area contributed by atoms with E-state index in [-0.39, 0.29) is 17.7 Å². The monoisotopic (exact) mass is 750 g/mol. The highest BCUT2D eigenvalue weighted by Crippen LogP contribution is 2.36. The molecule has 0 radical (unpaired) electrons. The van der Waals surface area contributed by atoms with Crippen LogP contribution in [0.5, 0.6) is 17.2 Å². The summed E-state index contributed by atoms with van der Waals surface area (Å²) < 4.78 is 25.2. The summed E-state index contributed by atoms with van der Waals surface area (Å²) >= 11 is 23.4. The lowest BCUT2D eigenvalue weighted by Gasteiger charge is -2.23. The Hall–Kier alpha value is -3.28. The smallest absolute Gasteiger partial charge is 0.337 e. The zero-order valence-corrected chi connectivity index (χ0v) is 28.9. The van der Waals surface area contributed by atoms with Gasteiger partial charge in [-0.05, 0) is 83.4 Å². The van der Waals surface area contributed by atoms with Crippen LogP contribution in [-0.2, 0) is 16.1 Å². The van der Waals surface area contributed by atoms with Gasteiger partial charge in [-0.2, -0.15) is 0 Å². The van der Waals surface area contributed by atoms with Crippen molar-refractivity contribution in [2.75, 3.05) is 20.3 Å². The number of rotatable bonds is 10. The molecule has 45 heavy (non-hydrogen) atoms. The number of methoxy groups -OCH3 is 1. The van der Waals surface area contributed by atoms with Gasteiger partial charge in [0.15, 0.2) is 16.3 Å². The number of fused-ring (bicyclic) bond motifs is 1. The first-order valence-electron chi connectivity index (χ1n) is 13.7. The van der Waals surface area contributed by atoms with E-state index in [1.165, 1.54) is 29.2 Å². The minimum Gasteiger partial charge on any atom is -0.490 e. The maximum Gasteiger partial charge on any atom is 0.337 e. The second-order valence-electron chi connectivity index (χ2n) is 9.59. The van der Waals surface area contributed by atoms with Crippen LogP contribution in [0.25, 0.3) is 6.08 Å². The lowest BCUT2D eigenvalue weighted by atomic mass is 9.97. The standard InChI is InChI=1S/C32H26BrCl3N2O6S/c1-4-42-25-9-7-18(12-26(25)43-5-2)28-21(31(40)41-3)15-37-32-38(28)30(39)27(45-32)13-19-11-20(34)14-22(33)29(19)44-16-17-6-8-23(35)24(36)10-17/h6-15,28H,4-5,16H2,1-3H3/b27-13+/t28-/m1/s1. The molecular formula is C32H26BrCl3N2O6S. The highest BCUT2D eigenvalue weighted by molar-refractivity contribution is 9.10. The van der Waals surface area contributed by atoms with Crippen LogP contribution in [0.2, 0.25) is 15.1 Å². The first-order valence-corrected chi connectivity index (χ1v) is 16.4. The molecule has 1 atom stereocenters. The van der Waals surface area contributed by atoms with E-state index in [0.29, 0.717) is 70.5 Å². The predicted octanol–water partition coefficient (Wildman–Crippen LogP) is 7.12. The summed E-state index contributed by atoms with van der Waals surface area (Å²) in [5, 5.41) is 1.29. The molecule has 0 saturated heterocycles. The number of halogens is 4. The number of thiazole rings is 1. The van der Waals surface area contributed by atoms with Gasteiger partial charge in [-0.3, -0.25) is 9.36 Å². The van der Waals surface area contributed by atoms with Crippen LogP contribution in [0.3, 0.4) is 0 Å². The van der Waals surface area contributed by atoms with Gasteiger partial charge in [0.1, 0.15) is 12.4 Å². The number of aromatic nitrogens is 1. The van der Waals surface area contributed by atoms with Crippen LogP contribution < -0.4 is 29.1 Å². The molecule has 5 rings (SSSR count). The van der Waals surface area contributed by atoms with Gasteiger partial charge < -0.3 is 18.9 Å². The summed E-state index contributed by atoms with van der Waals surface area (Å²) in [7, 11) is 1.28. The van der Waals surface area contributed by atoms with E-state index < -0.39 is 12.0 Å². The fraction of sp³-hybridized carbons (Fsp3) is 0.219. The van der Waals surface area contributed by atoms with Crippen LogP contribution in [-0.4, -0.2) is 30.9 Å².